The van der Waals surface area contributed by atoms with Gasteiger partial charge in [-0.05, 0) is 22.2 Å². The van der Waals surface area contributed by atoms with Crippen LogP contribution in [0.15, 0.2) is 0 Å². The summed E-state index contributed by atoms with van der Waals surface area (Å²) in [6.45, 7) is 20.2. The van der Waals surface area contributed by atoms with E-state index < -0.39 is 5.79 Å². The van der Waals surface area contributed by atoms with Gasteiger partial charge in [-0.25, -0.2) is 0 Å². The molecule has 1 saturated carbocycles. The van der Waals surface area contributed by atoms with Crippen LogP contribution in [0.3, 0.4) is 0 Å². The molecule has 1 spiro atoms. The van der Waals surface area contributed by atoms with E-state index >= 15 is 0 Å². The Morgan fingerprint density at radius 3 is 1.70 bits per heavy atom. The molecule has 2 fully saturated rings. The lowest BCUT2D eigenvalue weighted by atomic mass is 9.36. The van der Waals surface area contributed by atoms with Gasteiger partial charge in [-0.3, -0.25) is 4.79 Å². The first-order valence-corrected chi connectivity index (χ1v) is 7.66. The second kappa shape index (κ2) is 3.86. The van der Waals surface area contributed by atoms with E-state index in [0.29, 0.717) is 6.42 Å². The number of hydrogen-bond acceptors (Lipinski definition) is 3. The summed E-state index contributed by atoms with van der Waals surface area (Å²) in [6.07, 6.45) is 0.526. The van der Waals surface area contributed by atoms with Crippen LogP contribution in [0.25, 0.3) is 0 Å². The maximum absolute atomic E-state index is 12.5. The second-order valence-corrected chi connectivity index (χ2v) is 9.24. The number of rotatable bonds is 0. The average molecular weight is 282 g/mol. The van der Waals surface area contributed by atoms with Gasteiger partial charge in [0.05, 0.1) is 0 Å². The Bertz CT molecular complexity index is 416. The molecule has 0 aromatic carbocycles. The molecule has 1 aliphatic heterocycles. The molecule has 1 saturated heterocycles. The van der Waals surface area contributed by atoms with E-state index in [9.17, 15) is 4.79 Å². The monoisotopic (exact) mass is 282 g/mol. The summed E-state index contributed by atoms with van der Waals surface area (Å²) in [6, 6.07) is 0. The fourth-order valence-electron chi connectivity index (χ4n) is 6.61. The Morgan fingerprint density at radius 1 is 1.00 bits per heavy atom. The molecule has 2 rings (SSSR count). The summed E-state index contributed by atoms with van der Waals surface area (Å²) in [7, 11) is 0. The molecule has 2 aliphatic rings. The molecule has 116 valence electrons. The molecule has 1 unspecified atom stereocenters. The van der Waals surface area contributed by atoms with Crippen LogP contribution in [0, 0.1) is 27.6 Å². The largest absolute Gasteiger partial charge is 0.296 e. The Labute approximate surface area is 123 Å². The van der Waals surface area contributed by atoms with Crippen molar-refractivity contribution >= 4 is 5.78 Å². The zero-order valence-corrected chi connectivity index (χ0v) is 14.5. The second-order valence-electron chi connectivity index (χ2n) is 9.24. The molecule has 3 nitrogen and oxygen atoms in total. The van der Waals surface area contributed by atoms with E-state index in [1.807, 2.05) is 0 Å². The highest BCUT2D eigenvalue weighted by atomic mass is 17.4. The van der Waals surface area contributed by atoms with Gasteiger partial charge < -0.3 is 0 Å². The van der Waals surface area contributed by atoms with Gasteiger partial charge in [-0.1, -0.05) is 62.3 Å². The van der Waals surface area contributed by atoms with Crippen molar-refractivity contribution in [2.24, 2.45) is 27.6 Å². The lowest BCUT2D eigenvalue weighted by Gasteiger charge is -2.67. The third-order valence-corrected chi connectivity index (χ3v) is 6.02. The topological polar surface area (TPSA) is 42.1 Å². The number of ketones is 1. The molecule has 0 aromatic rings. The maximum atomic E-state index is 12.5. The van der Waals surface area contributed by atoms with Gasteiger partial charge in [-0.15, -0.1) is 0 Å². The van der Waals surface area contributed by atoms with Crippen molar-refractivity contribution in [3.63, 3.8) is 0 Å². The summed E-state index contributed by atoms with van der Waals surface area (Å²) >= 11 is 0. The van der Waals surface area contributed by atoms with E-state index in [-0.39, 0.29) is 33.4 Å². The third kappa shape index (κ3) is 1.51. The molecule has 20 heavy (non-hydrogen) atoms. The number of carbonyl (C=O) groups excluding carboxylic acids is 1. The first-order chi connectivity index (χ1) is 8.76. The summed E-state index contributed by atoms with van der Waals surface area (Å²) in [5.41, 5.74) is -0.420. The lowest BCUT2D eigenvalue weighted by molar-refractivity contribution is -0.218. The van der Waals surface area contributed by atoms with Crippen molar-refractivity contribution in [1.29, 1.82) is 0 Å². The van der Waals surface area contributed by atoms with E-state index in [4.69, 9.17) is 9.78 Å². The van der Waals surface area contributed by atoms with Gasteiger partial charge in [0.25, 0.3) is 5.79 Å². The van der Waals surface area contributed by atoms with Gasteiger partial charge in [0.15, 0.2) is 5.78 Å². The molecule has 1 atom stereocenters. The van der Waals surface area contributed by atoms with Crippen molar-refractivity contribution in [3.05, 3.63) is 0 Å². The van der Waals surface area contributed by atoms with Crippen molar-refractivity contribution < 1.29 is 14.6 Å². The van der Waals surface area contributed by atoms with E-state index in [0.717, 1.165) is 0 Å². The Balaban J connectivity index is 2.75. The minimum atomic E-state index is -1.03. The summed E-state index contributed by atoms with van der Waals surface area (Å²) in [5.74, 6) is -0.650. The standard InChI is InChI=1S/C17H30O3/c1-11-10-12(18)17(19-20-17)15(8,9)16(11,13(2,3)4)14(5,6)7/h11H,10H2,1-9H3. The summed E-state index contributed by atoms with van der Waals surface area (Å²) < 4.78 is 0. The van der Waals surface area contributed by atoms with Crippen molar-refractivity contribution in [3.8, 4) is 0 Å². The fourth-order valence-corrected chi connectivity index (χ4v) is 6.61. The van der Waals surface area contributed by atoms with Gasteiger partial charge in [0.1, 0.15) is 0 Å². The minimum Gasteiger partial charge on any atom is -0.293 e. The number of Topliss-reactive ketones (excluding diaryl/α,β-unsaturated/α-hetero) is 1. The molecule has 0 aromatic heterocycles. The Hall–Kier alpha value is -0.410. The highest BCUT2D eigenvalue weighted by molar-refractivity contribution is 5.89. The molecule has 3 heteroatoms. The number of hydrogen-bond donors (Lipinski definition) is 0. The maximum Gasteiger partial charge on any atom is 0.296 e. The first-order valence-electron chi connectivity index (χ1n) is 7.66. The van der Waals surface area contributed by atoms with Crippen molar-refractivity contribution in [2.45, 2.75) is 74.5 Å². The highest BCUT2D eigenvalue weighted by Crippen LogP contribution is 2.74. The predicted octanol–water partition coefficient (Wildman–Crippen LogP) is 4.36. The zero-order chi connectivity index (χ0) is 15.8. The molecule has 1 aliphatic carbocycles. The predicted molar refractivity (Wildman–Crippen MR) is 78.8 cm³/mol. The first kappa shape index (κ1) is 16.0. The Kier molecular flexibility index (Phi) is 3.08. The van der Waals surface area contributed by atoms with E-state index in [1.165, 1.54) is 0 Å². The smallest absolute Gasteiger partial charge is 0.293 e. The quantitative estimate of drug-likeness (QED) is 0.490. The number of carbonyl (C=O) groups is 1. The molecule has 0 radical (unpaired) electrons. The highest BCUT2D eigenvalue weighted by Gasteiger charge is 2.80. The molecule has 0 N–H and O–H groups in total. The van der Waals surface area contributed by atoms with Crippen LogP contribution in [0.5, 0.6) is 0 Å². The van der Waals surface area contributed by atoms with Crippen LogP contribution in [-0.4, -0.2) is 11.6 Å². The van der Waals surface area contributed by atoms with Gasteiger partial charge in [-0.2, -0.15) is 9.78 Å². The van der Waals surface area contributed by atoms with Crippen molar-refractivity contribution in [2.75, 3.05) is 0 Å². The van der Waals surface area contributed by atoms with Crippen LogP contribution < -0.4 is 0 Å². The van der Waals surface area contributed by atoms with Gasteiger partial charge in [0.2, 0.25) is 0 Å². The van der Waals surface area contributed by atoms with Crippen LogP contribution in [0.1, 0.15) is 68.7 Å². The fraction of sp³-hybridized carbons (Fsp3) is 0.941. The molecule has 0 bridgehead atoms. The molecular weight excluding hydrogens is 252 g/mol. The average Bonchev–Trinajstić information content (AvgIpc) is 2.89. The summed E-state index contributed by atoms with van der Waals surface area (Å²) in [4.78, 5) is 23.1. The lowest BCUT2D eigenvalue weighted by Crippen LogP contribution is -2.68. The Morgan fingerprint density at radius 2 is 1.40 bits per heavy atom. The molecular formula is C17H30O3. The van der Waals surface area contributed by atoms with E-state index in [1.54, 1.807) is 0 Å². The SMILES string of the molecule is CC1CC(=O)C2(OO2)C(C)(C)C1(C(C)(C)C)C(C)(C)C. The zero-order valence-electron chi connectivity index (χ0n) is 14.5. The third-order valence-electron chi connectivity index (χ3n) is 6.02. The molecule has 0 amide bonds. The summed E-state index contributed by atoms with van der Waals surface area (Å²) in [5, 5.41) is 0. The normalized spacial score (nSPS) is 31.4. The van der Waals surface area contributed by atoms with Crippen LogP contribution in [0.2, 0.25) is 0 Å². The van der Waals surface area contributed by atoms with E-state index in [2.05, 4.69) is 62.3 Å². The van der Waals surface area contributed by atoms with Crippen LogP contribution in [0.4, 0.5) is 0 Å². The van der Waals surface area contributed by atoms with Gasteiger partial charge in [0, 0.05) is 11.8 Å². The van der Waals surface area contributed by atoms with Crippen LogP contribution >= 0.6 is 0 Å². The van der Waals surface area contributed by atoms with Crippen LogP contribution in [-0.2, 0) is 14.6 Å². The van der Waals surface area contributed by atoms with Gasteiger partial charge >= 0.3 is 0 Å². The molecule has 1 heterocycles. The van der Waals surface area contributed by atoms with Crippen molar-refractivity contribution in [1.82, 2.24) is 0 Å². The minimum absolute atomic E-state index is 0.0250.